The Morgan fingerprint density at radius 2 is 1.00 bits per heavy atom. The van der Waals surface area contributed by atoms with Crippen molar-refractivity contribution in [3.05, 3.63) is 12.2 Å². The molecule has 7 N–H and O–H groups in total. The third-order valence-electron chi connectivity index (χ3n) is 10.5. The molecule has 0 aromatic carbocycles. The van der Waals surface area contributed by atoms with Crippen LogP contribution in [0.1, 0.15) is 149 Å². The highest BCUT2D eigenvalue weighted by Crippen LogP contribution is 2.26. The fourth-order valence-corrected chi connectivity index (χ4v) is 6.80. The van der Waals surface area contributed by atoms with Crippen LogP contribution >= 0.6 is 0 Å². The van der Waals surface area contributed by atoms with Gasteiger partial charge < -0.3 is 64.2 Å². The van der Waals surface area contributed by atoms with Gasteiger partial charge in [0.15, 0.2) is 18.7 Å². The number of esters is 2. The van der Waals surface area contributed by atoms with Crippen molar-refractivity contribution in [3.63, 3.8) is 0 Å². The van der Waals surface area contributed by atoms with Gasteiger partial charge in [-0.25, -0.2) is 0 Å². The summed E-state index contributed by atoms with van der Waals surface area (Å²) in [6.45, 7) is 2.50. The summed E-state index contributed by atoms with van der Waals surface area (Å²) in [7, 11) is 0. The maximum Gasteiger partial charge on any atom is 0.306 e. The maximum atomic E-state index is 12.9. The first-order chi connectivity index (χ1) is 27.5. The lowest BCUT2D eigenvalue weighted by atomic mass is 9.98. The van der Waals surface area contributed by atoms with E-state index >= 15 is 0 Å². The molecule has 2 aliphatic heterocycles. The van der Waals surface area contributed by atoms with E-state index in [-0.39, 0.29) is 26.1 Å². The van der Waals surface area contributed by atoms with Crippen molar-refractivity contribution in [1.29, 1.82) is 0 Å². The predicted molar refractivity (Wildman–Crippen MR) is 211 cm³/mol. The Hall–Kier alpha value is -1.76. The topological polar surface area (TPSA) is 231 Å². The SMILES string of the molecule is CCCCCCCC/C=C/CCCCCC(=O)O[C@H](COC(=O)CCCCCCCCCC)CO[C@@H]1O[C@H](CO[C@@H]2O[C@H](CO)[C@H](O)C(O)C2O)[C@H](O)C(O)C1O. The molecule has 2 fully saturated rings. The Labute approximate surface area is 340 Å². The van der Waals surface area contributed by atoms with Gasteiger partial charge in [-0.2, -0.15) is 0 Å². The van der Waals surface area contributed by atoms with Crippen LogP contribution in [0.5, 0.6) is 0 Å². The van der Waals surface area contributed by atoms with Crippen molar-refractivity contribution in [2.75, 3.05) is 26.4 Å². The minimum Gasteiger partial charge on any atom is -0.462 e. The van der Waals surface area contributed by atoms with Gasteiger partial charge in [0.2, 0.25) is 0 Å². The first-order valence-electron chi connectivity index (χ1n) is 21.8. The molecule has 0 aromatic heterocycles. The zero-order chi connectivity index (χ0) is 41.8. The molecule has 0 saturated carbocycles. The standard InChI is InChI=1S/C42H76O15/c1-3-5-7-9-11-13-14-15-16-17-19-21-23-25-34(45)55-30(27-52-33(44)24-22-20-18-12-10-8-6-4-2)28-53-41-40(51)38(49)36(47)32(57-41)29-54-42-39(50)37(48)35(46)31(26-43)56-42/h15-16,30-32,35-43,46-51H,3-14,17-29H2,1-2H3/b16-15+/t30-,31-,32-,35+,36+,37?,38?,39?,40?,41-,42-/m1/s1. The van der Waals surface area contributed by atoms with E-state index in [1.54, 1.807) is 0 Å². The van der Waals surface area contributed by atoms with Crippen molar-refractivity contribution in [2.45, 2.75) is 216 Å². The highest BCUT2D eigenvalue weighted by atomic mass is 16.7. The maximum absolute atomic E-state index is 12.9. The zero-order valence-electron chi connectivity index (χ0n) is 34.6. The van der Waals surface area contributed by atoms with E-state index in [1.165, 1.54) is 64.2 Å². The Balaban J connectivity index is 1.88. The summed E-state index contributed by atoms with van der Waals surface area (Å²) in [4.78, 5) is 25.4. The summed E-state index contributed by atoms with van der Waals surface area (Å²) in [6.07, 6.45) is 8.53. The fourth-order valence-electron chi connectivity index (χ4n) is 6.80. The summed E-state index contributed by atoms with van der Waals surface area (Å²) in [6, 6.07) is 0. The molecular formula is C42H76O15. The lowest BCUT2D eigenvalue weighted by Crippen LogP contribution is -2.61. The number of hydrogen-bond donors (Lipinski definition) is 7. The Morgan fingerprint density at radius 3 is 1.56 bits per heavy atom. The molecular weight excluding hydrogens is 744 g/mol. The lowest BCUT2D eigenvalue weighted by Gasteiger charge is -2.42. The van der Waals surface area contributed by atoms with Crippen LogP contribution in [0.4, 0.5) is 0 Å². The monoisotopic (exact) mass is 821 g/mol. The Morgan fingerprint density at radius 1 is 0.544 bits per heavy atom. The van der Waals surface area contributed by atoms with Crippen LogP contribution in [0.3, 0.4) is 0 Å². The lowest BCUT2D eigenvalue weighted by molar-refractivity contribution is -0.332. The largest absolute Gasteiger partial charge is 0.462 e. The minimum atomic E-state index is -1.76. The molecule has 4 unspecified atom stereocenters. The van der Waals surface area contributed by atoms with Crippen molar-refractivity contribution >= 4 is 11.9 Å². The number of ether oxygens (including phenoxy) is 6. The van der Waals surface area contributed by atoms with E-state index in [0.29, 0.717) is 12.8 Å². The first kappa shape index (κ1) is 51.4. The molecule has 2 heterocycles. The molecule has 11 atom stereocenters. The molecule has 15 heteroatoms. The Kier molecular flexibility index (Phi) is 28.1. The van der Waals surface area contributed by atoms with Crippen LogP contribution in [0, 0.1) is 0 Å². The summed E-state index contributed by atoms with van der Waals surface area (Å²) in [5, 5.41) is 71.7. The number of allylic oxidation sites excluding steroid dienone is 2. The fraction of sp³-hybridized carbons (Fsp3) is 0.905. The van der Waals surface area contributed by atoms with Crippen LogP contribution in [-0.4, -0.2) is 142 Å². The van der Waals surface area contributed by atoms with Crippen LogP contribution < -0.4 is 0 Å². The zero-order valence-corrected chi connectivity index (χ0v) is 34.6. The molecule has 0 amide bonds. The quantitative estimate of drug-likeness (QED) is 0.0290. The van der Waals surface area contributed by atoms with Gasteiger partial charge in [0, 0.05) is 12.8 Å². The first-order valence-corrected chi connectivity index (χ1v) is 21.8. The second kappa shape index (κ2) is 31.2. The number of hydrogen-bond acceptors (Lipinski definition) is 15. The van der Waals surface area contributed by atoms with E-state index in [9.17, 15) is 45.3 Å². The molecule has 2 aliphatic rings. The molecule has 2 saturated heterocycles. The van der Waals surface area contributed by atoms with Crippen LogP contribution in [0.15, 0.2) is 12.2 Å². The van der Waals surface area contributed by atoms with Crippen molar-refractivity contribution in [2.24, 2.45) is 0 Å². The van der Waals surface area contributed by atoms with Crippen molar-refractivity contribution in [1.82, 2.24) is 0 Å². The summed E-state index contributed by atoms with van der Waals surface area (Å²) in [5.74, 6) is -0.947. The second-order valence-electron chi connectivity index (χ2n) is 15.5. The van der Waals surface area contributed by atoms with E-state index in [4.69, 9.17) is 28.4 Å². The minimum absolute atomic E-state index is 0.148. The van der Waals surface area contributed by atoms with Crippen LogP contribution in [-0.2, 0) is 38.0 Å². The molecule has 0 bridgehead atoms. The number of aliphatic hydroxyl groups excluding tert-OH is 7. The third-order valence-corrected chi connectivity index (χ3v) is 10.5. The van der Waals surface area contributed by atoms with Gasteiger partial charge in [-0.15, -0.1) is 0 Å². The molecule has 334 valence electrons. The Bertz CT molecular complexity index is 1060. The highest BCUT2D eigenvalue weighted by Gasteiger charge is 2.47. The predicted octanol–water partition coefficient (Wildman–Crippen LogP) is 3.87. The van der Waals surface area contributed by atoms with Crippen molar-refractivity contribution < 1.29 is 73.8 Å². The molecule has 57 heavy (non-hydrogen) atoms. The van der Waals surface area contributed by atoms with Crippen LogP contribution in [0.2, 0.25) is 0 Å². The third kappa shape index (κ3) is 20.9. The van der Waals surface area contributed by atoms with Crippen LogP contribution in [0.25, 0.3) is 0 Å². The molecule has 2 rings (SSSR count). The van der Waals surface area contributed by atoms with E-state index in [0.717, 1.165) is 44.9 Å². The molecule has 0 aliphatic carbocycles. The molecule has 0 aromatic rings. The van der Waals surface area contributed by atoms with Gasteiger partial charge in [-0.1, -0.05) is 109 Å². The van der Waals surface area contributed by atoms with E-state index in [2.05, 4.69) is 26.0 Å². The number of carbonyl (C=O) groups excluding carboxylic acids is 2. The van der Waals surface area contributed by atoms with Gasteiger partial charge >= 0.3 is 11.9 Å². The number of carbonyl (C=O) groups is 2. The van der Waals surface area contributed by atoms with Gasteiger partial charge in [0.25, 0.3) is 0 Å². The van der Waals surface area contributed by atoms with E-state index in [1.807, 2.05) is 0 Å². The summed E-state index contributed by atoms with van der Waals surface area (Å²) in [5.41, 5.74) is 0. The average Bonchev–Trinajstić information content (AvgIpc) is 3.20. The smallest absolute Gasteiger partial charge is 0.306 e. The van der Waals surface area contributed by atoms with E-state index < -0.39 is 92.7 Å². The van der Waals surface area contributed by atoms with Gasteiger partial charge in [0.1, 0.15) is 55.4 Å². The summed E-state index contributed by atoms with van der Waals surface area (Å²) < 4.78 is 33.3. The number of aliphatic hydroxyl groups is 7. The number of rotatable bonds is 32. The van der Waals surface area contributed by atoms with Gasteiger partial charge in [-0.05, 0) is 38.5 Å². The van der Waals surface area contributed by atoms with Crippen molar-refractivity contribution in [3.8, 4) is 0 Å². The molecule has 0 radical (unpaired) electrons. The second-order valence-corrected chi connectivity index (χ2v) is 15.5. The highest BCUT2D eigenvalue weighted by molar-refractivity contribution is 5.70. The molecule has 0 spiro atoms. The molecule has 15 nitrogen and oxygen atoms in total. The normalized spacial score (nSPS) is 28.4. The number of unbranched alkanes of at least 4 members (excludes halogenated alkanes) is 16. The van der Waals surface area contributed by atoms with Gasteiger partial charge in [-0.3, -0.25) is 9.59 Å². The average molecular weight is 821 g/mol. The summed E-state index contributed by atoms with van der Waals surface area (Å²) >= 11 is 0. The van der Waals surface area contributed by atoms with Gasteiger partial charge in [0.05, 0.1) is 19.8 Å².